The minimum Gasteiger partial charge on any atom is -0.508 e. The molecule has 0 bridgehead atoms. The lowest BCUT2D eigenvalue weighted by atomic mass is 10.0. The van der Waals surface area contributed by atoms with Crippen LogP contribution < -0.4 is 0 Å². The van der Waals surface area contributed by atoms with Crippen LogP contribution in [-0.4, -0.2) is 16.0 Å². The molecule has 0 radical (unpaired) electrons. The summed E-state index contributed by atoms with van der Waals surface area (Å²) in [5.74, 6) is 0.115. The predicted molar refractivity (Wildman–Crippen MR) is 80.2 cm³/mol. The molecule has 106 valence electrons. The number of carbonyl (C=O) groups excluding carboxylic acids is 1. The number of benzene rings is 2. The largest absolute Gasteiger partial charge is 0.508 e. The SMILES string of the molecule is CCCC.O=C(c1ccc(O)cc1)c1ccc(O)cc1. The molecular weight excluding hydrogens is 252 g/mol. The van der Waals surface area contributed by atoms with E-state index in [1.807, 2.05) is 0 Å². The van der Waals surface area contributed by atoms with Gasteiger partial charge in [0.05, 0.1) is 0 Å². The minimum absolute atomic E-state index is 0.127. The van der Waals surface area contributed by atoms with E-state index >= 15 is 0 Å². The Kier molecular flexibility index (Phi) is 6.30. The molecule has 3 heteroatoms. The Labute approximate surface area is 119 Å². The summed E-state index contributed by atoms with van der Waals surface area (Å²) >= 11 is 0. The summed E-state index contributed by atoms with van der Waals surface area (Å²) in [6.45, 7) is 4.36. The third-order valence-corrected chi connectivity index (χ3v) is 2.76. The molecule has 0 amide bonds. The van der Waals surface area contributed by atoms with E-state index < -0.39 is 0 Å². The maximum atomic E-state index is 11.9. The molecule has 0 atom stereocenters. The van der Waals surface area contributed by atoms with Gasteiger partial charge < -0.3 is 10.2 Å². The zero-order valence-electron chi connectivity index (χ0n) is 11.8. The van der Waals surface area contributed by atoms with Gasteiger partial charge in [0.25, 0.3) is 0 Å². The predicted octanol–water partition coefficient (Wildman–Crippen LogP) is 4.14. The Morgan fingerprint density at radius 2 is 1.05 bits per heavy atom. The van der Waals surface area contributed by atoms with Crippen LogP contribution in [0.1, 0.15) is 42.6 Å². The van der Waals surface area contributed by atoms with Gasteiger partial charge in [-0.05, 0) is 48.5 Å². The van der Waals surface area contributed by atoms with Crippen molar-refractivity contribution in [3.63, 3.8) is 0 Å². The summed E-state index contributed by atoms with van der Waals surface area (Å²) in [5.41, 5.74) is 1.01. The van der Waals surface area contributed by atoms with Crippen molar-refractivity contribution in [1.82, 2.24) is 0 Å². The summed E-state index contributed by atoms with van der Waals surface area (Å²) in [4.78, 5) is 11.9. The van der Waals surface area contributed by atoms with Gasteiger partial charge in [0.1, 0.15) is 11.5 Å². The molecule has 3 nitrogen and oxygen atoms in total. The summed E-state index contributed by atoms with van der Waals surface area (Å²) < 4.78 is 0. The number of carbonyl (C=O) groups is 1. The summed E-state index contributed by atoms with van der Waals surface area (Å²) in [6, 6.07) is 12.1. The first kappa shape index (κ1) is 15.8. The standard InChI is InChI=1S/C13H10O3.C4H10/c14-11-5-1-9(2-6-11)13(16)10-3-7-12(15)8-4-10;1-3-4-2/h1-8,14-15H;3-4H2,1-2H3. The van der Waals surface area contributed by atoms with Gasteiger partial charge in [-0.2, -0.15) is 0 Å². The van der Waals surface area contributed by atoms with Crippen molar-refractivity contribution < 1.29 is 15.0 Å². The Balaban J connectivity index is 0.000000444. The van der Waals surface area contributed by atoms with Crippen LogP contribution in [0.2, 0.25) is 0 Å². The molecular formula is C17H20O3. The Morgan fingerprint density at radius 1 is 0.750 bits per heavy atom. The molecule has 0 aromatic heterocycles. The molecule has 0 spiro atoms. The fourth-order valence-electron chi connectivity index (χ4n) is 1.39. The normalized spacial score (nSPS) is 9.50. The van der Waals surface area contributed by atoms with Gasteiger partial charge in [0, 0.05) is 11.1 Å². The molecule has 0 fully saturated rings. The molecule has 2 rings (SSSR count). The number of hydrogen-bond donors (Lipinski definition) is 2. The zero-order valence-corrected chi connectivity index (χ0v) is 11.8. The van der Waals surface area contributed by atoms with Crippen molar-refractivity contribution in [2.24, 2.45) is 0 Å². The number of phenols is 2. The van der Waals surface area contributed by atoms with Crippen LogP contribution in [0.5, 0.6) is 11.5 Å². The molecule has 0 aliphatic rings. The fourth-order valence-corrected chi connectivity index (χ4v) is 1.39. The van der Waals surface area contributed by atoms with Crippen molar-refractivity contribution in [2.45, 2.75) is 26.7 Å². The number of hydrogen-bond acceptors (Lipinski definition) is 3. The van der Waals surface area contributed by atoms with Gasteiger partial charge in [-0.1, -0.05) is 26.7 Å². The van der Waals surface area contributed by atoms with Crippen LogP contribution in [0.25, 0.3) is 0 Å². The van der Waals surface area contributed by atoms with E-state index in [0.717, 1.165) is 0 Å². The lowest BCUT2D eigenvalue weighted by molar-refractivity contribution is 0.103. The van der Waals surface area contributed by atoms with Gasteiger partial charge in [-0.15, -0.1) is 0 Å². The molecule has 2 aromatic rings. The van der Waals surface area contributed by atoms with E-state index in [9.17, 15) is 4.79 Å². The fraction of sp³-hybridized carbons (Fsp3) is 0.235. The third-order valence-electron chi connectivity index (χ3n) is 2.76. The monoisotopic (exact) mass is 272 g/mol. The average Bonchev–Trinajstić information content (AvgIpc) is 2.48. The van der Waals surface area contributed by atoms with Gasteiger partial charge in [-0.25, -0.2) is 0 Å². The lowest BCUT2D eigenvalue weighted by Crippen LogP contribution is -2.00. The van der Waals surface area contributed by atoms with Crippen molar-refractivity contribution >= 4 is 5.78 Å². The molecule has 0 heterocycles. The van der Waals surface area contributed by atoms with E-state index in [0.29, 0.717) is 11.1 Å². The van der Waals surface area contributed by atoms with Gasteiger partial charge in [0.2, 0.25) is 0 Å². The van der Waals surface area contributed by atoms with Crippen LogP contribution >= 0.6 is 0 Å². The number of ketones is 1. The Hall–Kier alpha value is -2.29. The van der Waals surface area contributed by atoms with Crippen molar-refractivity contribution in [1.29, 1.82) is 0 Å². The molecule has 0 saturated carbocycles. The number of phenolic OH excluding ortho intramolecular Hbond substituents is 2. The highest BCUT2D eigenvalue weighted by Crippen LogP contribution is 2.16. The highest BCUT2D eigenvalue weighted by atomic mass is 16.3. The molecule has 2 aromatic carbocycles. The summed E-state index contributed by atoms with van der Waals surface area (Å²) in [7, 11) is 0. The second-order valence-electron chi connectivity index (χ2n) is 4.42. The van der Waals surface area contributed by atoms with E-state index in [-0.39, 0.29) is 17.3 Å². The van der Waals surface area contributed by atoms with Crippen LogP contribution in [0, 0.1) is 0 Å². The Bertz CT molecular complexity index is 478. The summed E-state index contributed by atoms with van der Waals surface area (Å²) in [5, 5.41) is 18.2. The van der Waals surface area contributed by atoms with E-state index in [1.165, 1.54) is 37.1 Å². The van der Waals surface area contributed by atoms with E-state index in [1.54, 1.807) is 24.3 Å². The molecule has 0 unspecified atom stereocenters. The van der Waals surface area contributed by atoms with E-state index in [2.05, 4.69) is 13.8 Å². The quantitative estimate of drug-likeness (QED) is 0.826. The topological polar surface area (TPSA) is 57.5 Å². The molecule has 0 aliphatic heterocycles. The summed E-state index contributed by atoms with van der Waals surface area (Å²) in [6.07, 6.45) is 2.64. The lowest BCUT2D eigenvalue weighted by Gasteiger charge is -2.01. The van der Waals surface area contributed by atoms with Crippen molar-refractivity contribution in [3.8, 4) is 11.5 Å². The highest BCUT2D eigenvalue weighted by molar-refractivity contribution is 6.09. The van der Waals surface area contributed by atoms with Crippen molar-refractivity contribution in [3.05, 3.63) is 59.7 Å². The van der Waals surface area contributed by atoms with Crippen molar-refractivity contribution in [2.75, 3.05) is 0 Å². The molecule has 2 N–H and O–H groups in total. The minimum atomic E-state index is -0.139. The van der Waals surface area contributed by atoms with E-state index in [4.69, 9.17) is 10.2 Å². The molecule has 0 saturated heterocycles. The smallest absolute Gasteiger partial charge is 0.193 e. The van der Waals surface area contributed by atoms with Gasteiger partial charge in [-0.3, -0.25) is 4.79 Å². The van der Waals surface area contributed by atoms with Crippen LogP contribution in [0.3, 0.4) is 0 Å². The maximum Gasteiger partial charge on any atom is 0.193 e. The second-order valence-corrected chi connectivity index (χ2v) is 4.42. The number of aromatic hydroxyl groups is 2. The van der Waals surface area contributed by atoms with Crippen LogP contribution in [-0.2, 0) is 0 Å². The number of rotatable bonds is 3. The average molecular weight is 272 g/mol. The first-order valence-corrected chi connectivity index (χ1v) is 6.71. The Morgan fingerprint density at radius 3 is 1.30 bits per heavy atom. The first-order valence-electron chi connectivity index (χ1n) is 6.71. The highest BCUT2D eigenvalue weighted by Gasteiger charge is 2.08. The molecule has 0 aliphatic carbocycles. The molecule has 20 heavy (non-hydrogen) atoms. The van der Waals surface area contributed by atoms with Crippen LogP contribution in [0.4, 0.5) is 0 Å². The van der Waals surface area contributed by atoms with Crippen LogP contribution in [0.15, 0.2) is 48.5 Å². The second kappa shape index (κ2) is 8.00. The first-order chi connectivity index (χ1) is 9.58. The number of unbranched alkanes of at least 4 members (excludes halogenated alkanes) is 1. The zero-order chi connectivity index (χ0) is 15.0. The van der Waals surface area contributed by atoms with Gasteiger partial charge in [0.15, 0.2) is 5.78 Å². The third kappa shape index (κ3) is 4.76. The van der Waals surface area contributed by atoms with Gasteiger partial charge >= 0.3 is 0 Å². The maximum absolute atomic E-state index is 11.9.